The van der Waals surface area contributed by atoms with Crippen molar-refractivity contribution < 1.29 is 18.9 Å². The first-order valence-electron chi connectivity index (χ1n) is 9.49. The van der Waals surface area contributed by atoms with Gasteiger partial charge in [-0.2, -0.15) is 0 Å². The zero-order valence-electron chi connectivity index (χ0n) is 17.0. The van der Waals surface area contributed by atoms with Crippen LogP contribution in [0.2, 0.25) is 0 Å². The van der Waals surface area contributed by atoms with E-state index in [1.165, 1.54) is 0 Å². The molecule has 1 heterocycles. The second-order valence-electron chi connectivity index (χ2n) is 6.46. The van der Waals surface area contributed by atoms with E-state index in [2.05, 4.69) is 15.2 Å². The van der Waals surface area contributed by atoms with Gasteiger partial charge in [-0.25, -0.2) is 0 Å². The summed E-state index contributed by atoms with van der Waals surface area (Å²) < 4.78 is 21.9. The van der Waals surface area contributed by atoms with E-state index in [1.54, 1.807) is 21.3 Å². The van der Waals surface area contributed by atoms with Crippen LogP contribution in [-0.4, -0.2) is 71.6 Å². The van der Waals surface area contributed by atoms with Gasteiger partial charge in [0, 0.05) is 52.6 Å². The van der Waals surface area contributed by atoms with Gasteiger partial charge in [-0.1, -0.05) is 12.1 Å². The molecule has 0 radical (unpaired) electrons. The van der Waals surface area contributed by atoms with Crippen molar-refractivity contribution in [2.75, 3.05) is 54.7 Å². The normalized spacial score (nSPS) is 15.7. The standard InChI is InChI=1S/C20H33N3O4/c1-21-20(22-15-16-7-5-8-18(25-3)19(16)26-4)23-11-9-17(10-12-23)27-14-6-13-24-2/h5,7-8,17H,6,9-15H2,1-4H3,(H,21,22). The molecule has 1 aliphatic rings. The van der Waals surface area contributed by atoms with Crippen LogP contribution in [-0.2, 0) is 16.0 Å². The molecule has 0 atom stereocenters. The number of ether oxygens (including phenoxy) is 4. The Hall–Kier alpha value is -1.99. The van der Waals surface area contributed by atoms with Crippen molar-refractivity contribution >= 4 is 5.96 Å². The highest BCUT2D eigenvalue weighted by molar-refractivity contribution is 5.80. The summed E-state index contributed by atoms with van der Waals surface area (Å²) in [6, 6.07) is 5.89. The molecular weight excluding hydrogens is 346 g/mol. The van der Waals surface area contributed by atoms with E-state index in [1.807, 2.05) is 25.2 Å². The molecule has 1 aromatic rings. The van der Waals surface area contributed by atoms with Crippen molar-refractivity contribution in [3.8, 4) is 11.5 Å². The number of piperidine rings is 1. The highest BCUT2D eigenvalue weighted by Crippen LogP contribution is 2.30. The zero-order valence-corrected chi connectivity index (χ0v) is 17.0. The summed E-state index contributed by atoms with van der Waals surface area (Å²) in [4.78, 5) is 6.72. The quantitative estimate of drug-likeness (QED) is 0.404. The van der Waals surface area contributed by atoms with Crippen molar-refractivity contribution in [1.29, 1.82) is 0 Å². The number of guanidine groups is 1. The van der Waals surface area contributed by atoms with Crippen LogP contribution >= 0.6 is 0 Å². The van der Waals surface area contributed by atoms with Crippen molar-refractivity contribution in [1.82, 2.24) is 10.2 Å². The van der Waals surface area contributed by atoms with E-state index >= 15 is 0 Å². The molecule has 7 heteroatoms. The van der Waals surface area contributed by atoms with Gasteiger partial charge in [0.15, 0.2) is 17.5 Å². The van der Waals surface area contributed by atoms with Crippen LogP contribution in [0.1, 0.15) is 24.8 Å². The molecule has 0 bridgehead atoms. The number of hydrogen-bond donors (Lipinski definition) is 1. The summed E-state index contributed by atoms with van der Waals surface area (Å²) in [5, 5.41) is 3.44. The van der Waals surface area contributed by atoms with Crippen LogP contribution < -0.4 is 14.8 Å². The highest BCUT2D eigenvalue weighted by Gasteiger charge is 2.22. The number of nitrogens with one attached hydrogen (secondary N) is 1. The molecule has 0 unspecified atom stereocenters. The summed E-state index contributed by atoms with van der Waals surface area (Å²) in [5.74, 6) is 2.39. The Labute approximate surface area is 162 Å². The molecule has 1 aromatic carbocycles. The number of methoxy groups -OCH3 is 3. The van der Waals surface area contributed by atoms with Gasteiger partial charge in [-0.05, 0) is 25.3 Å². The molecule has 0 aliphatic carbocycles. The molecule has 7 nitrogen and oxygen atoms in total. The maximum Gasteiger partial charge on any atom is 0.193 e. The number of nitrogens with zero attached hydrogens (tertiary/aromatic N) is 2. The molecule has 0 amide bonds. The van der Waals surface area contributed by atoms with Gasteiger partial charge >= 0.3 is 0 Å². The minimum absolute atomic E-state index is 0.328. The molecule has 2 rings (SSSR count). The molecule has 1 fully saturated rings. The van der Waals surface area contributed by atoms with Gasteiger partial charge in [-0.3, -0.25) is 4.99 Å². The molecule has 0 spiro atoms. The van der Waals surface area contributed by atoms with Crippen LogP contribution in [0.4, 0.5) is 0 Å². The van der Waals surface area contributed by atoms with Crippen LogP contribution in [0.3, 0.4) is 0 Å². The third-order valence-corrected chi connectivity index (χ3v) is 4.72. The number of rotatable bonds is 9. The van der Waals surface area contributed by atoms with Crippen molar-refractivity contribution in [3.63, 3.8) is 0 Å². The Morgan fingerprint density at radius 3 is 2.56 bits per heavy atom. The van der Waals surface area contributed by atoms with Gasteiger partial charge < -0.3 is 29.2 Å². The first-order valence-corrected chi connectivity index (χ1v) is 9.49. The highest BCUT2D eigenvalue weighted by atomic mass is 16.5. The van der Waals surface area contributed by atoms with Crippen LogP contribution in [0.15, 0.2) is 23.2 Å². The van der Waals surface area contributed by atoms with E-state index in [9.17, 15) is 0 Å². The lowest BCUT2D eigenvalue weighted by molar-refractivity contribution is 0.00989. The summed E-state index contributed by atoms with van der Waals surface area (Å²) >= 11 is 0. The van der Waals surface area contributed by atoms with Crippen LogP contribution in [0, 0.1) is 0 Å². The lowest BCUT2D eigenvalue weighted by atomic mass is 10.1. The SMILES string of the molecule is CN=C(NCc1cccc(OC)c1OC)N1CCC(OCCCOC)CC1. The monoisotopic (exact) mass is 379 g/mol. The van der Waals surface area contributed by atoms with Crippen LogP contribution in [0.25, 0.3) is 0 Å². The Morgan fingerprint density at radius 1 is 1.15 bits per heavy atom. The van der Waals surface area contributed by atoms with Gasteiger partial charge in [0.2, 0.25) is 0 Å². The first kappa shape index (κ1) is 21.3. The molecule has 0 aromatic heterocycles. The minimum atomic E-state index is 0.328. The van der Waals surface area contributed by atoms with Gasteiger partial charge in [0.1, 0.15) is 0 Å². The summed E-state index contributed by atoms with van der Waals surface area (Å²) in [6.07, 6.45) is 3.30. The number of aliphatic imine (C=N–C) groups is 1. The van der Waals surface area contributed by atoms with E-state index < -0.39 is 0 Å². The lowest BCUT2D eigenvalue weighted by Crippen LogP contribution is -2.46. The van der Waals surface area contributed by atoms with Crippen molar-refractivity contribution in [2.45, 2.75) is 31.9 Å². The molecule has 27 heavy (non-hydrogen) atoms. The molecule has 1 aliphatic heterocycles. The van der Waals surface area contributed by atoms with E-state index in [0.29, 0.717) is 12.6 Å². The molecule has 152 valence electrons. The predicted octanol–water partition coefficient (Wildman–Crippen LogP) is 2.30. The smallest absolute Gasteiger partial charge is 0.193 e. The van der Waals surface area contributed by atoms with Gasteiger partial charge in [0.25, 0.3) is 0 Å². The number of para-hydroxylation sites is 1. The molecular formula is C20H33N3O4. The molecule has 0 saturated carbocycles. The van der Waals surface area contributed by atoms with Gasteiger partial charge in [-0.15, -0.1) is 0 Å². The Balaban J connectivity index is 1.83. The van der Waals surface area contributed by atoms with Gasteiger partial charge in [0.05, 0.1) is 20.3 Å². The fourth-order valence-corrected chi connectivity index (χ4v) is 3.29. The third kappa shape index (κ3) is 6.29. The van der Waals surface area contributed by atoms with E-state index in [4.69, 9.17) is 18.9 Å². The fourth-order valence-electron chi connectivity index (χ4n) is 3.29. The molecule has 1 N–H and O–H groups in total. The zero-order chi connectivity index (χ0) is 19.5. The Bertz CT molecular complexity index is 587. The lowest BCUT2D eigenvalue weighted by Gasteiger charge is -2.34. The van der Waals surface area contributed by atoms with E-state index in [0.717, 1.165) is 68.6 Å². The maximum absolute atomic E-state index is 5.93. The fraction of sp³-hybridized carbons (Fsp3) is 0.650. The number of benzene rings is 1. The van der Waals surface area contributed by atoms with E-state index in [-0.39, 0.29) is 0 Å². The largest absolute Gasteiger partial charge is 0.493 e. The van der Waals surface area contributed by atoms with Crippen molar-refractivity contribution in [2.24, 2.45) is 4.99 Å². The summed E-state index contributed by atoms with van der Waals surface area (Å²) in [6.45, 7) is 4.01. The third-order valence-electron chi connectivity index (χ3n) is 4.72. The predicted molar refractivity (Wildman–Crippen MR) is 107 cm³/mol. The van der Waals surface area contributed by atoms with Crippen molar-refractivity contribution in [3.05, 3.63) is 23.8 Å². The second-order valence-corrected chi connectivity index (χ2v) is 6.46. The number of likely N-dealkylation sites (tertiary alicyclic amines) is 1. The Kier molecular flexibility index (Phi) is 9.21. The summed E-state index contributed by atoms with van der Waals surface area (Å²) in [5.41, 5.74) is 1.04. The maximum atomic E-state index is 5.93. The first-order chi connectivity index (χ1) is 13.2. The van der Waals surface area contributed by atoms with Crippen LogP contribution in [0.5, 0.6) is 11.5 Å². The topological polar surface area (TPSA) is 64.6 Å². The number of hydrogen-bond acceptors (Lipinski definition) is 5. The second kappa shape index (κ2) is 11.7. The molecule has 1 saturated heterocycles. The summed E-state index contributed by atoms with van der Waals surface area (Å²) in [7, 11) is 6.85. The average Bonchev–Trinajstić information content (AvgIpc) is 2.72. The average molecular weight is 380 g/mol. The minimum Gasteiger partial charge on any atom is -0.493 e. The Morgan fingerprint density at radius 2 is 1.93 bits per heavy atom.